The van der Waals surface area contributed by atoms with Gasteiger partial charge in [0.05, 0.1) is 0 Å². The molecule has 1 heterocycles. The minimum atomic E-state index is -0.643. The highest BCUT2D eigenvalue weighted by Crippen LogP contribution is 2.03. The lowest BCUT2D eigenvalue weighted by Crippen LogP contribution is -2.12. The highest BCUT2D eigenvalue weighted by Gasteiger charge is 2.00. The molecule has 0 saturated carbocycles. The molecule has 0 radical (unpaired) electrons. The number of rotatable bonds is 1. The van der Waals surface area contributed by atoms with Crippen LogP contribution in [0.1, 0.15) is 10.5 Å². The lowest BCUT2D eigenvalue weighted by molar-refractivity contribution is 0.0994. The van der Waals surface area contributed by atoms with E-state index < -0.39 is 5.91 Å². The summed E-state index contributed by atoms with van der Waals surface area (Å²) in [7, 11) is 0. The fourth-order valence-electron chi connectivity index (χ4n) is 0.561. The van der Waals surface area contributed by atoms with E-state index in [1.165, 1.54) is 18.2 Å². The Morgan fingerprint density at radius 1 is 1.60 bits per heavy atom. The molecule has 10 heavy (non-hydrogen) atoms. The largest absolute Gasteiger partial charge is 0.493 e. The Bertz CT molecular complexity index is 260. The molecule has 0 fully saturated rings. The first-order valence-corrected chi connectivity index (χ1v) is 2.66. The molecule has 1 amide bonds. The number of carbonyl (C=O) groups is 1. The average molecular weight is 138 g/mol. The molecule has 4 heteroatoms. The van der Waals surface area contributed by atoms with Gasteiger partial charge < -0.3 is 10.8 Å². The van der Waals surface area contributed by atoms with Crippen LogP contribution in [0, 0.1) is 0 Å². The summed E-state index contributed by atoms with van der Waals surface area (Å²) in [5.74, 6) is -0.841. The van der Waals surface area contributed by atoms with Crippen molar-refractivity contribution in [3.8, 4) is 5.88 Å². The SMILES string of the molecule is NC(=O)c1cccc(O)n1. The van der Waals surface area contributed by atoms with E-state index in [2.05, 4.69) is 4.98 Å². The van der Waals surface area contributed by atoms with Crippen LogP contribution in [0.25, 0.3) is 0 Å². The molecular weight excluding hydrogens is 132 g/mol. The van der Waals surface area contributed by atoms with Gasteiger partial charge in [-0.05, 0) is 6.07 Å². The fourth-order valence-corrected chi connectivity index (χ4v) is 0.561. The average Bonchev–Trinajstić information content (AvgIpc) is 1.88. The lowest BCUT2D eigenvalue weighted by Gasteiger charge is -1.92. The summed E-state index contributed by atoms with van der Waals surface area (Å²) in [6.07, 6.45) is 0. The van der Waals surface area contributed by atoms with Gasteiger partial charge in [-0.15, -0.1) is 0 Å². The van der Waals surface area contributed by atoms with Crippen molar-refractivity contribution in [3.05, 3.63) is 23.9 Å². The van der Waals surface area contributed by atoms with Crippen LogP contribution in [-0.4, -0.2) is 16.0 Å². The first-order valence-electron chi connectivity index (χ1n) is 2.66. The molecule has 0 spiro atoms. The Hall–Kier alpha value is -1.58. The summed E-state index contributed by atoms with van der Waals surface area (Å²) in [6.45, 7) is 0. The van der Waals surface area contributed by atoms with Gasteiger partial charge in [0, 0.05) is 6.07 Å². The third-order valence-electron chi connectivity index (χ3n) is 0.987. The molecule has 0 bridgehead atoms. The molecule has 3 N–H and O–H groups in total. The highest BCUT2D eigenvalue weighted by atomic mass is 16.3. The molecular formula is C6H6N2O2. The molecule has 4 nitrogen and oxygen atoms in total. The molecule has 0 aliphatic rings. The zero-order valence-electron chi connectivity index (χ0n) is 5.11. The third kappa shape index (κ3) is 1.22. The summed E-state index contributed by atoms with van der Waals surface area (Å²) < 4.78 is 0. The maximum atomic E-state index is 10.4. The molecule has 52 valence electrons. The minimum Gasteiger partial charge on any atom is -0.493 e. The summed E-state index contributed by atoms with van der Waals surface area (Å²) in [5.41, 5.74) is 4.94. The summed E-state index contributed by atoms with van der Waals surface area (Å²) in [4.78, 5) is 13.9. The van der Waals surface area contributed by atoms with Crippen LogP contribution in [0.3, 0.4) is 0 Å². The number of primary amides is 1. The molecule has 0 saturated heterocycles. The second-order valence-corrected chi connectivity index (χ2v) is 1.75. The van der Waals surface area contributed by atoms with Crippen LogP contribution in [0.15, 0.2) is 18.2 Å². The molecule has 0 aliphatic carbocycles. The quantitative estimate of drug-likeness (QED) is 0.568. The lowest BCUT2D eigenvalue weighted by atomic mass is 10.3. The number of aromatic nitrogens is 1. The number of hydrogen-bond acceptors (Lipinski definition) is 3. The first kappa shape index (κ1) is 6.54. The van der Waals surface area contributed by atoms with Crippen molar-refractivity contribution in [1.29, 1.82) is 0 Å². The Morgan fingerprint density at radius 2 is 2.30 bits per heavy atom. The van der Waals surface area contributed by atoms with Crippen LogP contribution < -0.4 is 5.73 Å². The second kappa shape index (κ2) is 2.34. The van der Waals surface area contributed by atoms with Crippen molar-refractivity contribution in [1.82, 2.24) is 4.98 Å². The third-order valence-corrected chi connectivity index (χ3v) is 0.987. The van der Waals surface area contributed by atoms with E-state index in [0.717, 1.165) is 0 Å². The van der Waals surface area contributed by atoms with Gasteiger partial charge in [-0.2, -0.15) is 0 Å². The van der Waals surface area contributed by atoms with Crippen molar-refractivity contribution in [3.63, 3.8) is 0 Å². The maximum Gasteiger partial charge on any atom is 0.267 e. The Morgan fingerprint density at radius 3 is 2.70 bits per heavy atom. The fraction of sp³-hybridized carbons (Fsp3) is 0. The number of carbonyl (C=O) groups excluding carboxylic acids is 1. The van der Waals surface area contributed by atoms with Crippen LogP contribution >= 0.6 is 0 Å². The van der Waals surface area contributed by atoms with Gasteiger partial charge in [0.25, 0.3) is 5.91 Å². The maximum absolute atomic E-state index is 10.4. The zero-order chi connectivity index (χ0) is 7.56. The van der Waals surface area contributed by atoms with E-state index in [1.54, 1.807) is 0 Å². The number of amides is 1. The van der Waals surface area contributed by atoms with E-state index in [4.69, 9.17) is 10.8 Å². The van der Waals surface area contributed by atoms with E-state index in [9.17, 15) is 4.79 Å². The van der Waals surface area contributed by atoms with E-state index in [0.29, 0.717) is 0 Å². The predicted octanol–water partition coefficient (Wildman–Crippen LogP) is -0.114. The van der Waals surface area contributed by atoms with Crippen LogP contribution in [-0.2, 0) is 0 Å². The molecule has 0 atom stereocenters. The Kier molecular flexibility index (Phi) is 1.53. The number of nitrogens with zero attached hydrogens (tertiary/aromatic N) is 1. The van der Waals surface area contributed by atoms with Crippen molar-refractivity contribution in [2.45, 2.75) is 0 Å². The van der Waals surface area contributed by atoms with E-state index in [1.807, 2.05) is 0 Å². The molecule has 1 aromatic heterocycles. The van der Waals surface area contributed by atoms with Crippen molar-refractivity contribution >= 4 is 5.91 Å². The minimum absolute atomic E-state index is 0.0694. The Labute approximate surface area is 57.3 Å². The standard InChI is InChI=1S/C6H6N2O2/c7-6(10)4-2-1-3-5(9)8-4/h1-3H,(H2,7,10)(H,8,9). The number of nitrogens with two attached hydrogens (primary N) is 1. The highest BCUT2D eigenvalue weighted by molar-refractivity contribution is 5.90. The summed E-state index contributed by atoms with van der Waals surface area (Å²) in [6, 6.07) is 4.30. The summed E-state index contributed by atoms with van der Waals surface area (Å²) >= 11 is 0. The van der Waals surface area contributed by atoms with Crippen LogP contribution in [0.2, 0.25) is 0 Å². The zero-order valence-corrected chi connectivity index (χ0v) is 5.11. The number of pyridine rings is 1. The Balaban J connectivity index is 3.07. The van der Waals surface area contributed by atoms with E-state index >= 15 is 0 Å². The van der Waals surface area contributed by atoms with Gasteiger partial charge in [0.2, 0.25) is 5.88 Å². The smallest absolute Gasteiger partial charge is 0.267 e. The van der Waals surface area contributed by atoms with Crippen molar-refractivity contribution in [2.75, 3.05) is 0 Å². The van der Waals surface area contributed by atoms with Gasteiger partial charge >= 0.3 is 0 Å². The van der Waals surface area contributed by atoms with E-state index in [-0.39, 0.29) is 11.6 Å². The first-order chi connectivity index (χ1) is 4.70. The molecule has 0 unspecified atom stereocenters. The molecule has 1 aromatic rings. The van der Waals surface area contributed by atoms with Crippen LogP contribution in [0.4, 0.5) is 0 Å². The summed E-state index contributed by atoms with van der Waals surface area (Å²) in [5, 5.41) is 8.74. The predicted molar refractivity (Wildman–Crippen MR) is 34.4 cm³/mol. The molecule has 1 rings (SSSR count). The normalized spacial score (nSPS) is 9.20. The molecule has 0 aliphatic heterocycles. The van der Waals surface area contributed by atoms with Gasteiger partial charge in [-0.1, -0.05) is 6.07 Å². The van der Waals surface area contributed by atoms with Crippen molar-refractivity contribution in [2.24, 2.45) is 5.73 Å². The topological polar surface area (TPSA) is 76.2 Å². The monoisotopic (exact) mass is 138 g/mol. The second-order valence-electron chi connectivity index (χ2n) is 1.75. The van der Waals surface area contributed by atoms with Gasteiger partial charge in [0.15, 0.2) is 0 Å². The molecule has 0 aromatic carbocycles. The number of hydrogen-bond donors (Lipinski definition) is 2. The van der Waals surface area contributed by atoms with Gasteiger partial charge in [-0.3, -0.25) is 4.79 Å². The van der Waals surface area contributed by atoms with Gasteiger partial charge in [-0.25, -0.2) is 4.98 Å². The van der Waals surface area contributed by atoms with Crippen LogP contribution in [0.5, 0.6) is 5.88 Å². The van der Waals surface area contributed by atoms with Gasteiger partial charge in [0.1, 0.15) is 5.69 Å². The number of aromatic hydroxyl groups is 1. The van der Waals surface area contributed by atoms with Crippen molar-refractivity contribution < 1.29 is 9.90 Å².